The summed E-state index contributed by atoms with van der Waals surface area (Å²) in [5.74, 6) is -1.23. The van der Waals surface area contributed by atoms with E-state index in [-0.39, 0.29) is 6.10 Å². The minimum atomic E-state index is -0.603. The van der Waals surface area contributed by atoms with E-state index in [0.717, 1.165) is 18.0 Å². The van der Waals surface area contributed by atoms with Crippen molar-refractivity contribution in [2.75, 3.05) is 13.2 Å². The zero-order chi connectivity index (χ0) is 22.4. The van der Waals surface area contributed by atoms with E-state index in [1.165, 1.54) is 23.9 Å². The highest BCUT2D eigenvalue weighted by Gasteiger charge is 2.15. The lowest BCUT2D eigenvalue weighted by atomic mass is 10.2. The van der Waals surface area contributed by atoms with Gasteiger partial charge in [0.15, 0.2) is 5.16 Å². The molecular weight excluding hydrogens is 422 g/mol. The highest BCUT2D eigenvalue weighted by atomic mass is 32.2. The smallest absolute Gasteiger partial charge is 0.338 e. The number of rotatable bonds is 10. The molecule has 1 heterocycles. The quantitative estimate of drug-likeness (QED) is 0.230. The number of hydrogen-bond donors (Lipinski definition) is 0. The number of carbonyl (C=O) groups is 1. The highest BCUT2D eigenvalue weighted by Crippen LogP contribution is 2.28. The molecule has 0 aliphatic rings. The summed E-state index contributed by atoms with van der Waals surface area (Å²) in [6, 6.07) is 8.77. The molecule has 166 valence electrons. The SMILES string of the molecule is CCOC(=O)c1ccc2c(c1)nc(SCc1cc(F)cc(F)c1)n2CCCOC(C)C. The van der Waals surface area contributed by atoms with E-state index in [1.54, 1.807) is 19.1 Å². The van der Waals surface area contributed by atoms with Crippen LogP contribution in [0.3, 0.4) is 0 Å². The Kier molecular flexibility index (Phi) is 8.03. The van der Waals surface area contributed by atoms with E-state index < -0.39 is 17.6 Å². The van der Waals surface area contributed by atoms with Gasteiger partial charge in [0.1, 0.15) is 11.6 Å². The lowest BCUT2D eigenvalue weighted by Crippen LogP contribution is -2.08. The van der Waals surface area contributed by atoms with Gasteiger partial charge in [0.05, 0.1) is 29.3 Å². The number of nitrogens with zero attached hydrogens (tertiary/aromatic N) is 2. The van der Waals surface area contributed by atoms with Crippen molar-refractivity contribution in [1.82, 2.24) is 9.55 Å². The Hall–Kier alpha value is -2.45. The Balaban J connectivity index is 1.86. The molecule has 1 aromatic heterocycles. The van der Waals surface area contributed by atoms with Crippen molar-refractivity contribution in [2.45, 2.75) is 50.8 Å². The molecule has 8 heteroatoms. The Bertz CT molecular complexity index is 1030. The second-order valence-corrected chi connectivity index (χ2v) is 8.25. The number of aryl methyl sites for hydroxylation is 1. The van der Waals surface area contributed by atoms with Gasteiger partial charge in [-0.3, -0.25) is 0 Å². The number of benzene rings is 2. The zero-order valence-corrected chi connectivity index (χ0v) is 18.7. The second-order valence-electron chi connectivity index (χ2n) is 7.31. The first-order valence-electron chi connectivity index (χ1n) is 10.2. The van der Waals surface area contributed by atoms with Gasteiger partial charge in [0.2, 0.25) is 0 Å². The predicted molar refractivity (Wildman–Crippen MR) is 117 cm³/mol. The topological polar surface area (TPSA) is 53.3 Å². The molecule has 0 N–H and O–H groups in total. The predicted octanol–water partition coefficient (Wildman–Crippen LogP) is 5.60. The molecule has 0 aliphatic heterocycles. The minimum Gasteiger partial charge on any atom is -0.462 e. The van der Waals surface area contributed by atoms with Crippen molar-refractivity contribution in [2.24, 2.45) is 0 Å². The van der Waals surface area contributed by atoms with Crippen molar-refractivity contribution >= 4 is 28.8 Å². The number of thioether (sulfide) groups is 1. The van der Waals surface area contributed by atoms with Gasteiger partial charge in [0.25, 0.3) is 0 Å². The second kappa shape index (κ2) is 10.7. The maximum absolute atomic E-state index is 13.5. The van der Waals surface area contributed by atoms with Gasteiger partial charge < -0.3 is 14.0 Å². The molecule has 0 amide bonds. The van der Waals surface area contributed by atoms with Crippen LogP contribution in [0.4, 0.5) is 8.78 Å². The van der Waals surface area contributed by atoms with Crippen molar-refractivity contribution in [3.05, 3.63) is 59.2 Å². The van der Waals surface area contributed by atoms with Crippen LogP contribution in [0, 0.1) is 11.6 Å². The van der Waals surface area contributed by atoms with Gasteiger partial charge in [-0.05, 0) is 63.1 Å². The fourth-order valence-corrected chi connectivity index (χ4v) is 4.13. The van der Waals surface area contributed by atoms with Crippen LogP contribution in [-0.2, 0) is 21.8 Å². The van der Waals surface area contributed by atoms with Gasteiger partial charge in [-0.2, -0.15) is 0 Å². The Labute approximate surface area is 184 Å². The van der Waals surface area contributed by atoms with Crippen LogP contribution in [0.25, 0.3) is 11.0 Å². The Morgan fingerprint density at radius 3 is 2.58 bits per heavy atom. The number of ether oxygens (including phenoxy) is 2. The summed E-state index contributed by atoms with van der Waals surface area (Å²) in [5.41, 5.74) is 2.52. The van der Waals surface area contributed by atoms with Crippen LogP contribution in [0.1, 0.15) is 43.1 Å². The van der Waals surface area contributed by atoms with Gasteiger partial charge in [0, 0.05) is 25.0 Å². The largest absolute Gasteiger partial charge is 0.462 e. The highest BCUT2D eigenvalue weighted by molar-refractivity contribution is 7.98. The number of halogens is 2. The molecule has 31 heavy (non-hydrogen) atoms. The van der Waals surface area contributed by atoms with Crippen LogP contribution in [0.5, 0.6) is 0 Å². The van der Waals surface area contributed by atoms with Crippen LogP contribution in [0.2, 0.25) is 0 Å². The lowest BCUT2D eigenvalue weighted by Gasteiger charge is -2.11. The van der Waals surface area contributed by atoms with E-state index in [4.69, 9.17) is 9.47 Å². The average molecular weight is 449 g/mol. The summed E-state index contributed by atoms with van der Waals surface area (Å²) in [7, 11) is 0. The fourth-order valence-electron chi connectivity index (χ4n) is 3.16. The first-order valence-corrected chi connectivity index (χ1v) is 11.2. The van der Waals surface area contributed by atoms with Crippen molar-refractivity contribution in [3.8, 4) is 0 Å². The van der Waals surface area contributed by atoms with Crippen LogP contribution >= 0.6 is 11.8 Å². The standard InChI is InChI=1S/C23H26F2N2O3S/c1-4-29-22(28)17-6-7-21-20(12-17)26-23(27(21)8-5-9-30-15(2)3)31-14-16-10-18(24)13-19(25)11-16/h6-7,10-13,15H,4-5,8-9,14H2,1-3H3. The van der Waals surface area contributed by atoms with Gasteiger partial charge in [-0.15, -0.1) is 0 Å². The molecule has 3 aromatic rings. The van der Waals surface area contributed by atoms with E-state index in [0.29, 0.717) is 47.3 Å². The summed E-state index contributed by atoms with van der Waals surface area (Å²) in [4.78, 5) is 16.8. The van der Waals surface area contributed by atoms with Gasteiger partial charge >= 0.3 is 5.97 Å². The number of imidazole rings is 1. The molecule has 0 aliphatic carbocycles. The van der Waals surface area contributed by atoms with E-state index in [9.17, 15) is 13.6 Å². The van der Waals surface area contributed by atoms with Crippen molar-refractivity contribution < 1.29 is 23.0 Å². The molecule has 0 radical (unpaired) electrons. The third-order valence-corrected chi connectivity index (χ3v) is 5.54. The molecule has 0 fully saturated rings. The zero-order valence-electron chi connectivity index (χ0n) is 17.9. The number of carbonyl (C=O) groups excluding carboxylic acids is 1. The van der Waals surface area contributed by atoms with Crippen molar-refractivity contribution in [3.63, 3.8) is 0 Å². The summed E-state index contributed by atoms with van der Waals surface area (Å²) >= 11 is 1.39. The van der Waals surface area contributed by atoms with Crippen molar-refractivity contribution in [1.29, 1.82) is 0 Å². The lowest BCUT2D eigenvalue weighted by molar-refractivity contribution is 0.0526. The number of fused-ring (bicyclic) bond motifs is 1. The van der Waals surface area contributed by atoms with E-state index in [2.05, 4.69) is 4.98 Å². The number of esters is 1. The molecule has 3 rings (SSSR count). The van der Waals surface area contributed by atoms with Crippen LogP contribution < -0.4 is 0 Å². The number of aromatic nitrogens is 2. The van der Waals surface area contributed by atoms with Gasteiger partial charge in [-0.25, -0.2) is 18.6 Å². The fraction of sp³-hybridized carbons (Fsp3) is 0.391. The van der Waals surface area contributed by atoms with E-state index in [1.807, 2.05) is 24.5 Å². The summed E-state index contributed by atoms with van der Waals surface area (Å²) in [5, 5.41) is 0.713. The molecule has 0 bridgehead atoms. The average Bonchev–Trinajstić information content (AvgIpc) is 3.05. The minimum absolute atomic E-state index is 0.156. The maximum atomic E-state index is 13.5. The first kappa shape index (κ1) is 23.2. The third-order valence-electron chi connectivity index (χ3n) is 4.49. The molecule has 0 unspecified atom stereocenters. The third kappa shape index (κ3) is 6.27. The summed E-state index contributed by atoms with van der Waals surface area (Å²) < 4.78 is 39.8. The Morgan fingerprint density at radius 2 is 1.90 bits per heavy atom. The number of hydrogen-bond acceptors (Lipinski definition) is 5. The molecule has 5 nitrogen and oxygen atoms in total. The summed E-state index contributed by atoms with van der Waals surface area (Å²) in [6.07, 6.45) is 0.939. The maximum Gasteiger partial charge on any atom is 0.338 e. The summed E-state index contributed by atoms with van der Waals surface area (Å²) in [6.45, 7) is 7.31. The molecule has 2 aromatic carbocycles. The Morgan fingerprint density at radius 1 is 1.16 bits per heavy atom. The van der Waals surface area contributed by atoms with Crippen LogP contribution in [0.15, 0.2) is 41.6 Å². The van der Waals surface area contributed by atoms with Gasteiger partial charge in [-0.1, -0.05) is 11.8 Å². The first-order chi connectivity index (χ1) is 14.9. The van der Waals surface area contributed by atoms with Crippen LogP contribution in [-0.4, -0.2) is 34.8 Å². The normalized spacial score (nSPS) is 11.4. The monoisotopic (exact) mass is 448 g/mol. The molecule has 0 saturated carbocycles. The molecule has 0 atom stereocenters. The molecule has 0 spiro atoms. The molecular formula is C23H26F2N2O3S. The van der Waals surface area contributed by atoms with E-state index >= 15 is 0 Å². The molecule has 0 saturated heterocycles.